The van der Waals surface area contributed by atoms with E-state index in [1.165, 1.54) is 19.4 Å². The molecule has 2 heterocycles. The Kier molecular flexibility index (Phi) is 3.52. The van der Waals surface area contributed by atoms with Gasteiger partial charge in [0.15, 0.2) is 5.69 Å². The van der Waals surface area contributed by atoms with Crippen LogP contribution >= 0.6 is 15.9 Å². The predicted octanol–water partition coefficient (Wildman–Crippen LogP) is 2.82. The van der Waals surface area contributed by atoms with Crippen LogP contribution in [0.15, 0.2) is 35.1 Å². The molecule has 2 rings (SSSR count). The second-order valence-electron chi connectivity index (χ2n) is 3.35. The third kappa shape index (κ3) is 2.30. The molecule has 0 aliphatic rings. The second kappa shape index (κ2) is 5.09. The zero-order chi connectivity index (χ0) is 13.1. The summed E-state index contributed by atoms with van der Waals surface area (Å²) in [6.07, 6.45) is 3.11. The van der Waals surface area contributed by atoms with Crippen LogP contribution in [0.2, 0.25) is 0 Å². The van der Waals surface area contributed by atoms with Gasteiger partial charge in [-0.25, -0.2) is 4.98 Å². The van der Waals surface area contributed by atoms with E-state index in [9.17, 15) is 10.1 Å². The summed E-state index contributed by atoms with van der Waals surface area (Å²) in [6, 6.07) is 4.76. The van der Waals surface area contributed by atoms with E-state index in [0.717, 1.165) is 0 Å². The van der Waals surface area contributed by atoms with Crippen LogP contribution in [0.1, 0.15) is 0 Å². The molecule has 2 aromatic heterocycles. The topological polar surface area (TPSA) is 78.2 Å². The van der Waals surface area contributed by atoms with E-state index in [1.807, 2.05) is 0 Å². The SMILES string of the molecule is COc1nc(-c2cccnc2)c([N+](=O)[O-])cc1Br. The van der Waals surface area contributed by atoms with Gasteiger partial charge in [-0.1, -0.05) is 0 Å². The van der Waals surface area contributed by atoms with Gasteiger partial charge in [-0.2, -0.15) is 0 Å². The van der Waals surface area contributed by atoms with Crippen molar-refractivity contribution in [3.63, 3.8) is 0 Å². The lowest BCUT2D eigenvalue weighted by molar-refractivity contribution is -0.384. The van der Waals surface area contributed by atoms with Crippen LogP contribution < -0.4 is 4.74 Å². The Morgan fingerprint density at radius 1 is 1.50 bits per heavy atom. The van der Waals surface area contributed by atoms with E-state index in [2.05, 4.69) is 25.9 Å². The largest absolute Gasteiger partial charge is 0.480 e. The molecule has 0 N–H and O–H groups in total. The van der Waals surface area contributed by atoms with Gasteiger partial charge >= 0.3 is 0 Å². The van der Waals surface area contributed by atoms with Gasteiger partial charge in [0.1, 0.15) is 0 Å². The molecule has 6 nitrogen and oxygen atoms in total. The third-order valence-corrected chi connectivity index (χ3v) is 2.82. The predicted molar refractivity (Wildman–Crippen MR) is 68.4 cm³/mol. The molecule has 0 aliphatic carbocycles. The van der Waals surface area contributed by atoms with Gasteiger partial charge < -0.3 is 4.74 Å². The lowest BCUT2D eigenvalue weighted by atomic mass is 10.1. The summed E-state index contributed by atoms with van der Waals surface area (Å²) in [5.74, 6) is 0.291. The molecule has 2 aromatic rings. The molecule has 7 heteroatoms. The number of halogens is 1. The number of hydrogen-bond acceptors (Lipinski definition) is 5. The first-order valence-corrected chi connectivity index (χ1v) is 5.72. The van der Waals surface area contributed by atoms with Gasteiger partial charge in [-0.3, -0.25) is 15.1 Å². The second-order valence-corrected chi connectivity index (χ2v) is 4.20. The van der Waals surface area contributed by atoms with Crippen LogP contribution in [-0.2, 0) is 0 Å². The Labute approximate surface area is 111 Å². The van der Waals surface area contributed by atoms with E-state index < -0.39 is 4.92 Å². The molecule has 0 aromatic carbocycles. The minimum Gasteiger partial charge on any atom is -0.480 e. The van der Waals surface area contributed by atoms with Gasteiger partial charge in [-0.05, 0) is 28.1 Å². The highest BCUT2D eigenvalue weighted by molar-refractivity contribution is 9.10. The number of hydrogen-bond donors (Lipinski definition) is 0. The monoisotopic (exact) mass is 309 g/mol. The molecule has 0 saturated heterocycles. The molecule has 0 amide bonds. The Hall–Kier alpha value is -2.02. The number of pyridine rings is 2. The zero-order valence-corrected chi connectivity index (χ0v) is 10.9. The number of methoxy groups -OCH3 is 1. The fourth-order valence-electron chi connectivity index (χ4n) is 1.46. The average molecular weight is 310 g/mol. The van der Waals surface area contributed by atoms with Crippen molar-refractivity contribution in [2.45, 2.75) is 0 Å². The third-order valence-electron chi connectivity index (χ3n) is 2.25. The first-order valence-electron chi connectivity index (χ1n) is 4.93. The summed E-state index contributed by atoms with van der Waals surface area (Å²) in [6.45, 7) is 0. The molecule has 0 spiro atoms. The minimum absolute atomic E-state index is 0.101. The molecular formula is C11H8BrN3O3. The standard InChI is InChI=1S/C11H8BrN3O3/c1-18-11-8(12)5-9(15(16)17)10(14-11)7-3-2-4-13-6-7/h2-6H,1H3. The molecule has 0 bridgehead atoms. The lowest BCUT2D eigenvalue weighted by Gasteiger charge is -2.06. The molecule has 0 aliphatic heterocycles. The Morgan fingerprint density at radius 2 is 2.28 bits per heavy atom. The molecule has 18 heavy (non-hydrogen) atoms. The van der Waals surface area contributed by atoms with Gasteiger partial charge in [-0.15, -0.1) is 0 Å². The normalized spacial score (nSPS) is 10.1. The maximum absolute atomic E-state index is 11.0. The first kappa shape index (κ1) is 12.4. The molecule has 0 saturated carbocycles. The zero-order valence-electron chi connectivity index (χ0n) is 9.33. The molecule has 0 radical (unpaired) electrons. The maximum Gasteiger partial charge on any atom is 0.296 e. The van der Waals surface area contributed by atoms with Gasteiger partial charge in [0.05, 0.1) is 16.5 Å². The summed E-state index contributed by atoms with van der Waals surface area (Å²) in [7, 11) is 1.45. The van der Waals surface area contributed by atoms with Crippen molar-refractivity contribution in [3.8, 4) is 17.1 Å². The van der Waals surface area contributed by atoms with Gasteiger partial charge in [0, 0.05) is 24.0 Å². The Balaban J connectivity index is 2.68. The molecule has 0 fully saturated rings. The fraction of sp³-hybridized carbons (Fsp3) is 0.0909. The highest BCUT2D eigenvalue weighted by Gasteiger charge is 2.20. The number of ether oxygens (including phenoxy) is 1. The quantitative estimate of drug-likeness (QED) is 0.643. The highest BCUT2D eigenvalue weighted by atomic mass is 79.9. The van der Waals surface area contributed by atoms with Crippen molar-refractivity contribution in [1.29, 1.82) is 0 Å². The smallest absolute Gasteiger partial charge is 0.296 e. The summed E-state index contributed by atoms with van der Waals surface area (Å²) in [5.41, 5.74) is 0.693. The summed E-state index contributed by atoms with van der Waals surface area (Å²) >= 11 is 3.17. The number of aromatic nitrogens is 2. The summed E-state index contributed by atoms with van der Waals surface area (Å²) in [4.78, 5) is 18.6. The first-order chi connectivity index (χ1) is 8.63. The minimum atomic E-state index is -0.487. The van der Waals surface area contributed by atoms with E-state index in [-0.39, 0.29) is 11.4 Å². The van der Waals surface area contributed by atoms with E-state index in [4.69, 9.17) is 4.74 Å². The number of nitro groups is 1. The molecule has 92 valence electrons. The fourth-order valence-corrected chi connectivity index (χ4v) is 1.93. The van der Waals surface area contributed by atoms with Crippen LogP contribution in [0.5, 0.6) is 5.88 Å². The van der Waals surface area contributed by atoms with Crippen molar-refractivity contribution >= 4 is 21.6 Å². The van der Waals surface area contributed by atoms with Crippen LogP contribution in [0.25, 0.3) is 11.3 Å². The molecule has 0 atom stereocenters. The average Bonchev–Trinajstić information content (AvgIpc) is 2.39. The lowest BCUT2D eigenvalue weighted by Crippen LogP contribution is -1.98. The van der Waals surface area contributed by atoms with Crippen molar-refractivity contribution in [3.05, 3.63) is 45.2 Å². The van der Waals surface area contributed by atoms with E-state index >= 15 is 0 Å². The van der Waals surface area contributed by atoms with Crippen LogP contribution in [0.4, 0.5) is 5.69 Å². The molecular weight excluding hydrogens is 302 g/mol. The van der Waals surface area contributed by atoms with Crippen LogP contribution in [0.3, 0.4) is 0 Å². The van der Waals surface area contributed by atoms with Gasteiger partial charge in [0.2, 0.25) is 5.88 Å². The van der Waals surface area contributed by atoms with E-state index in [0.29, 0.717) is 15.9 Å². The van der Waals surface area contributed by atoms with E-state index in [1.54, 1.807) is 18.3 Å². The summed E-state index contributed by atoms with van der Waals surface area (Å²) in [5, 5.41) is 11.0. The highest BCUT2D eigenvalue weighted by Crippen LogP contribution is 2.34. The number of nitrogens with zero attached hydrogens (tertiary/aromatic N) is 3. The van der Waals surface area contributed by atoms with Crippen LogP contribution in [-0.4, -0.2) is 22.0 Å². The van der Waals surface area contributed by atoms with Crippen molar-refractivity contribution in [2.75, 3.05) is 7.11 Å². The number of rotatable bonds is 3. The maximum atomic E-state index is 11.0. The van der Waals surface area contributed by atoms with Crippen molar-refractivity contribution < 1.29 is 9.66 Å². The van der Waals surface area contributed by atoms with Crippen molar-refractivity contribution in [2.24, 2.45) is 0 Å². The van der Waals surface area contributed by atoms with Crippen LogP contribution in [0, 0.1) is 10.1 Å². The Morgan fingerprint density at radius 3 is 2.83 bits per heavy atom. The van der Waals surface area contributed by atoms with Crippen molar-refractivity contribution in [1.82, 2.24) is 9.97 Å². The molecule has 0 unspecified atom stereocenters. The van der Waals surface area contributed by atoms with Gasteiger partial charge in [0.25, 0.3) is 5.69 Å². The Bertz CT molecular complexity index is 590. The summed E-state index contributed by atoms with van der Waals surface area (Å²) < 4.78 is 5.48.